The normalized spacial score (nSPS) is 15.1. The van der Waals surface area contributed by atoms with Crippen molar-refractivity contribution in [3.63, 3.8) is 0 Å². The van der Waals surface area contributed by atoms with Gasteiger partial charge in [-0.05, 0) is 31.9 Å². The van der Waals surface area contributed by atoms with Crippen LogP contribution >= 0.6 is 0 Å². The van der Waals surface area contributed by atoms with Crippen LogP contribution in [0.4, 0.5) is 5.69 Å². The number of benzene rings is 1. The van der Waals surface area contributed by atoms with E-state index >= 15 is 0 Å². The van der Waals surface area contributed by atoms with Crippen molar-refractivity contribution in [1.29, 1.82) is 0 Å². The molecule has 0 saturated heterocycles. The van der Waals surface area contributed by atoms with Crippen LogP contribution in [0.2, 0.25) is 0 Å². The molecule has 148 valence electrons. The molecule has 1 saturated carbocycles. The van der Waals surface area contributed by atoms with Crippen molar-refractivity contribution in [2.75, 3.05) is 19.5 Å². The molecule has 0 aliphatic heterocycles. The molecule has 1 unspecified atom stereocenters. The van der Waals surface area contributed by atoms with Gasteiger partial charge in [0, 0.05) is 18.4 Å². The fourth-order valence-electron chi connectivity index (χ4n) is 3.26. The highest BCUT2D eigenvalue weighted by Gasteiger charge is 2.24. The largest absolute Gasteiger partial charge is 0.493 e. The van der Waals surface area contributed by atoms with Gasteiger partial charge in [-0.15, -0.1) is 0 Å². The molecule has 0 heterocycles. The van der Waals surface area contributed by atoms with Gasteiger partial charge < -0.3 is 25.2 Å². The summed E-state index contributed by atoms with van der Waals surface area (Å²) >= 11 is 0. The minimum absolute atomic E-state index is 0.0140. The first-order chi connectivity index (χ1) is 12.8. The molecular weight excluding hydrogens is 352 g/mol. The zero-order chi connectivity index (χ0) is 20.0. The monoisotopic (exact) mass is 378 g/mol. The summed E-state index contributed by atoms with van der Waals surface area (Å²) in [5, 5.41) is 14.7. The number of rotatable bonds is 8. The van der Waals surface area contributed by atoms with Gasteiger partial charge in [-0.25, -0.2) is 4.79 Å². The van der Waals surface area contributed by atoms with E-state index in [-0.39, 0.29) is 52.9 Å². The van der Waals surface area contributed by atoms with Crippen molar-refractivity contribution in [1.82, 2.24) is 5.32 Å². The number of aromatic carboxylic acids is 1. The van der Waals surface area contributed by atoms with E-state index in [1.807, 2.05) is 0 Å². The lowest BCUT2D eigenvalue weighted by Crippen LogP contribution is -2.38. The summed E-state index contributed by atoms with van der Waals surface area (Å²) in [5.74, 6) is -1.05. The maximum absolute atomic E-state index is 12.4. The summed E-state index contributed by atoms with van der Waals surface area (Å²) in [6.45, 7) is 1.76. The standard InChI is InChI=1S/C19H26N2O6/c1-11(20-18(23)12-6-4-5-7-12)8-16(22)21-14-9-13(19(24)25)10-15(26-2)17(14)27-3/h9-12H,4-8H2,1-3H3,(H,20,23)(H,21,22)(H,24,25). The number of anilines is 1. The van der Waals surface area contributed by atoms with Crippen LogP contribution < -0.4 is 20.1 Å². The molecule has 2 rings (SSSR count). The Morgan fingerprint density at radius 1 is 1.19 bits per heavy atom. The van der Waals surface area contributed by atoms with E-state index in [9.17, 15) is 19.5 Å². The Labute approximate surface area is 158 Å². The van der Waals surface area contributed by atoms with E-state index in [0.717, 1.165) is 25.7 Å². The third-order valence-corrected chi connectivity index (χ3v) is 4.61. The number of hydrogen-bond donors (Lipinski definition) is 3. The van der Waals surface area contributed by atoms with Crippen molar-refractivity contribution in [3.05, 3.63) is 17.7 Å². The summed E-state index contributed by atoms with van der Waals surface area (Å²) in [6.07, 6.45) is 3.97. The van der Waals surface area contributed by atoms with Crippen LogP contribution in [0.5, 0.6) is 11.5 Å². The lowest BCUT2D eigenvalue weighted by atomic mass is 10.1. The highest BCUT2D eigenvalue weighted by atomic mass is 16.5. The fourth-order valence-corrected chi connectivity index (χ4v) is 3.26. The van der Waals surface area contributed by atoms with Crippen LogP contribution in [-0.4, -0.2) is 43.2 Å². The molecule has 1 aliphatic carbocycles. The number of hydrogen-bond acceptors (Lipinski definition) is 5. The summed E-state index contributed by atoms with van der Waals surface area (Å²) in [7, 11) is 2.79. The quantitative estimate of drug-likeness (QED) is 0.640. The Hall–Kier alpha value is -2.77. The van der Waals surface area contributed by atoms with Gasteiger partial charge in [0.2, 0.25) is 11.8 Å². The Morgan fingerprint density at radius 3 is 2.41 bits per heavy atom. The average molecular weight is 378 g/mol. The number of methoxy groups -OCH3 is 2. The molecule has 1 atom stereocenters. The first kappa shape index (κ1) is 20.5. The molecule has 0 spiro atoms. The molecule has 27 heavy (non-hydrogen) atoms. The molecule has 1 aliphatic rings. The predicted molar refractivity (Wildman–Crippen MR) is 99.3 cm³/mol. The van der Waals surface area contributed by atoms with Gasteiger partial charge in [0.25, 0.3) is 0 Å². The lowest BCUT2D eigenvalue weighted by Gasteiger charge is -2.18. The molecule has 1 fully saturated rings. The van der Waals surface area contributed by atoms with Gasteiger partial charge in [-0.2, -0.15) is 0 Å². The van der Waals surface area contributed by atoms with Gasteiger partial charge in [0.15, 0.2) is 11.5 Å². The van der Waals surface area contributed by atoms with Crippen molar-refractivity contribution in [2.45, 2.75) is 45.1 Å². The third kappa shape index (κ3) is 5.35. The minimum Gasteiger partial charge on any atom is -0.493 e. The predicted octanol–water partition coefficient (Wildman–Crippen LogP) is 2.43. The molecule has 0 aromatic heterocycles. The Bertz CT molecular complexity index is 712. The highest BCUT2D eigenvalue weighted by molar-refractivity contribution is 5.97. The number of amides is 2. The molecule has 0 radical (unpaired) electrons. The van der Waals surface area contributed by atoms with E-state index in [4.69, 9.17) is 9.47 Å². The Kier molecular flexibility index (Phi) is 7.04. The lowest BCUT2D eigenvalue weighted by molar-refractivity contribution is -0.125. The number of carbonyl (C=O) groups is 3. The summed E-state index contributed by atoms with van der Waals surface area (Å²) in [4.78, 5) is 35.8. The van der Waals surface area contributed by atoms with E-state index in [2.05, 4.69) is 10.6 Å². The SMILES string of the molecule is COc1cc(C(=O)O)cc(NC(=O)CC(C)NC(=O)C2CCCC2)c1OC. The zero-order valence-corrected chi connectivity index (χ0v) is 15.8. The molecule has 8 heteroatoms. The molecule has 0 bridgehead atoms. The van der Waals surface area contributed by atoms with E-state index in [1.165, 1.54) is 26.4 Å². The fraction of sp³-hybridized carbons (Fsp3) is 0.526. The summed E-state index contributed by atoms with van der Waals surface area (Å²) < 4.78 is 10.4. The molecule has 2 amide bonds. The van der Waals surface area contributed by atoms with Crippen LogP contribution in [0, 0.1) is 5.92 Å². The van der Waals surface area contributed by atoms with Crippen molar-refractivity contribution in [2.24, 2.45) is 5.92 Å². The molecule has 1 aromatic rings. The van der Waals surface area contributed by atoms with E-state index < -0.39 is 5.97 Å². The molecule has 1 aromatic carbocycles. The van der Waals surface area contributed by atoms with E-state index in [0.29, 0.717) is 0 Å². The smallest absolute Gasteiger partial charge is 0.335 e. The number of carboxylic acids is 1. The van der Waals surface area contributed by atoms with E-state index in [1.54, 1.807) is 6.92 Å². The first-order valence-electron chi connectivity index (χ1n) is 8.95. The van der Waals surface area contributed by atoms with Crippen molar-refractivity contribution in [3.8, 4) is 11.5 Å². The van der Waals surface area contributed by atoms with Crippen molar-refractivity contribution < 1.29 is 29.0 Å². The molecule has 3 N–H and O–H groups in total. The molecule has 8 nitrogen and oxygen atoms in total. The third-order valence-electron chi connectivity index (χ3n) is 4.61. The summed E-state index contributed by atoms with van der Waals surface area (Å²) in [6, 6.07) is 2.29. The second-order valence-electron chi connectivity index (χ2n) is 6.71. The number of carboxylic acid groups (broad SMARTS) is 1. The van der Waals surface area contributed by atoms with Crippen LogP contribution in [0.15, 0.2) is 12.1 Å². The average Bonchev–Trinajstić information content (AvgIpc) is 3.15. The highest BCUT2D eigenvalue weighted by Crippen LogP contribution is 2.36. The van der Waals surface area contributed by atoms with Crippen LogP contribution in [-0.2, 0) is 9.59 Å². The topological polar surface area (TPSA) is 114 Å². The number of ether oxygens (including phenoxy) is 2. The first-order valence-corrected chi connectivity index (χ1v) is 8.95. The van der Waals surface area contributed by atoms with Crippen LogP contribution in [0.1, 0.15) is 49.4 Å². The number of carbonyl (C=O) groups excluding carboxylic acids is 2. The van der Waals surface area contributed by atoms with Crippen LogP contribution in [0.3, 0.4) is 0 Å². The van der Waals surface area contributed by atoms with Crippen LogP contribution in [0.25, 0.3) is 0 Å². The maximum Gasteiger partial charge on any atom is 0.335 e. The number of nitrogens with one attached hydrogen (secondary N) is 2. The van der Waals surface area contributed by atoms with Crippen molar-refractivity contribution >= 4 is 23.5 Å². The molecular formula is C19H26N2O6. The summed E-state index contributed by atoms with van der Waals surface area (Å²) in [5.41, 5.74) is 0.166. The van der Waals surface area contributed by atoms with Gasteiger partial charge in [0.1, 0.15) is 0 Å². The Morgan fingerprint density at radius 2 is 1.85 bits per heavy atom. The minimum atomic E-state index is -1.15. The second-order valence-corrected chi connectivity index (χ2v) is 6.71. The van der Waals surface area contributed by atoms with Gasteiger partial charge in [-0.1, -0.05) is 12.8 Å². The second kappa shape index (κ2) is 9.25. The zero-order valence-electron chi connectivity index (χ0n) is 15.8. The van der Waals surface area contributed by atoms with Gasteiger partial charge in [-0.3, -0.25) is 9.59 Å². The van der Waals surface area contributed by atoms with Gasteiger partial charge in [0.05, 0.1) is 25.5 Å². The van der Waals surface area contributed by atoms with Gasteiger partial charge >= 0.3 is 5.97 Å². The maximum atomic E-state index is 12.4. The Balaban J connectivity index is 2.04.